The molecule has 0 aliphatic heterocycles. The van der Waals surface area contributed by atoms with E-state index in [1.165, 1.54) is 12.4 Å². The second-order valence-corrected chi connectivity index (χ2v) is 5.18. The van der Waals surface area contributed by atoms with Crippen LogP contribution >= 0.6 is 11.6 Å². The predicted molar refractivity (Wildman–Crippen MR) is 66.8 cm³/mol. The Labute approximate surface area is 105 Å². The SMILES string of the molecule is CC(C)(C)c1ccnc(-c2ncc(Cl)cn2)n1. The molecule has 2 aromatic heterocycles. The molecule has 0 amide bonds. The quantitative estimate of drug-likeness (QED) is 0.779. The van der Waals surface area contributed by atoms with Crippen molar-refractivity contribution in [2.45, 2.75) is 26.2 Å². The molecule has 0 N–H and O–H groups in total. The normalized spacial score (nSPS) is 11.5. The van der Waals surface area contributed by atoms with Crippen LogP contribution in [-0.2, 0) is 5.41 Å². The Morgan fingerprint density at radius 1 is 1.00 bits per heavy atom. The summed E-state index contributed by atoms with van der Waals surface area (Å²) in [6, 6.07) is 1.90. The molecule has 0 atom stereocenters. The number of hydrogen-bond acceptors (Lipinski definition) is 4. The molecule has 0 spiro atoms. The lowest BCUT2D eigenvalue weighted by Crippen LogP contribution is -2.14. The number of rotatable bonds is 1. The van der Waals surface area contributed by atoms with E-state index in [9.17, 15) is 0 Å². The lowest BCUT2D eigenvalue weighted by molar-refractivity contribution is 0.567. The molecule has 5 heteroatoms. The third-order valence-corrected chi connectivity index (χ3v) is 2.44. The second-order valence-electron chi connectivity index (χ2n) is 4.74. The molecule has 0 unspecified atom stereocenters. The average molecular weight is 249 g/mol. The zero-order chi connectivity index (χ0) is 12.5. The van der Waals surface area contributed by atoms with Gasteiger partial charge in [-0.1, -0.05) is 32.4 Å². The molecule has 0 fully saturated rings. The van der Waals surface area contributed by atoms with Gasteiger partial charge in [-0.15, -0.1) is 0 Å². The third-order valence-electron chi connectivity index (χ3n) is 2.24. The number of hydrogen-bond donors (Lipinski definition) is 0. The second kappa shape index (κ2) is 4.37. The molecule has 2 heterocycles. The van der Waals surface area contributed by atoms with E-state index in [-0.39, 0.29) is 5.41 Å². The molecule has 4 nitrogen and oxygen atoms in total. The molecule has 88 valence electrons. The zero-order valence-electron chi connectivity index (χ0n) is 9.98. The van der Waals surface area contributed by atoms with Crippen molar-refractivity contribution in [3.8, 4) is 11.6 Å². The van der Waals surface area contributed by atoms with Crippen molar-refractivity contribution in [1.29, 1.82) is 0 Å². The molecule has 17 heavy (non-hydrogen) atoms. The van der Waals surface area contributed by atoms with Gasteiger partial charge in [-0.25, -0.2) is 19.9 Å². The molecule has 0 bridgehead atoms. The van der Waals surface area contributed by atoms with Crippen LogP contribution in [0.5, 0.6) is 0 Å². The van der Waals surface area contributed by atoms with E-state index < -0.39 is 0 Å². The summed E-state index contributed by atoms with van der Waals surface area (Å²) in [5.41, 5.74) is 0.936. The third kappa shape index (κ3) is 2.77. The first-order valence-electron chi connectivity index (χ1n) is 5.28. The Balaban J connectivity index is 2.43. The molecule has 0 aliphatic rings. The first kappa shape index (κ1) is 11.9. The smallest absolute Gasteiger partial charge is 0.197 e. The number of nitrogens with zero attached hydrogens (tertiary/aromatic N) is 4. The lowest BCUT2D eigenvalue weighted by Gasteiger charge is -2.17. The van der Waals surface area contributed by atoms with Crippen LogP contribution in [0.25, 0.3) is 11.6 Å². The highest BCUT2D eigenvalue weighted by atomic mass is 35.5. The summed E-state index contributed by atoms with van der Waals surface area (Å²) in [5.74, 6) is 1.01. The Hall–Kier alpha value is -1.55. The summed E-state index contributed by atoms with van der Waals surface area (Å²) in [6.45, 7) is 6.30. The Morgan fingerprint density at radius 3 is 2.24 bits per heavy atom. The highest BCUT2D eigenvalue weighted by Gasteiger charge is 2.17. The van der Waals surface area contributed by atoms with Crippen LogP contribution in [0.1, 0.15) is 26.5 Å². The Bertz CT molecular complexity index is 517. The topological polar surface area (TPSA) is 51.6 Å². The van der Waals surface area contributed by atoms with Gasteiger partial charge >= 0.3 is 0 Å². The van der Waals surface area contributed by atoms with Gasteiger partial charge in [0.05, 0.1) is 5.02 Å². The standard InChI is InChI=1S/C12H13ClN4/c1-12(2,3)9-4-5-14-11(17-9)10-15-6-8(13)7-16-10/h4-7H,1-3H3. The van der Waals surface area contributed by atoms with E-state index in [0.717, 1.165) is 5.69 Å². The highest BCUT2D eigenvalue weighted by molar-refractivity contribution is 6.30. The summed E-state index contributed by atoms with van der Waals surface area (Å²) < 4.78 is 0. The largest absolute Gasteiger partial charge is 0.234 e. The van der Waals surface area contributed by atoms with E-state index in [0.29, 0.717) is 16.7 Å². The molecule has 0 saturated heterocycles. The molecule has 0 saturated carbocycles. The van der Waals surface area contributed by atoms with Gasteiger partial charge in [-0.3, -0.25) is 0 Å². The predicted octanol–water partition coefficient (Wildman–Crippen LogP) is 2.88. The molecule has 2 aromatic rings. The minimum atomic E-state index is -0.0237. The number of halogens is 1. The van der Waals surface area contributed by atoms with E-state index in [1.54, 1.807) is 6.20 Å². The van der Waals surface area contributed by atoms with Gasteiger partial charge in [-0.05, 0) is 6.07 Å². The van der Waals surface area contributed by atoms with Crippen molar-refractivity contribution >= 4 is 11.6 Å². The first-order chi connectivity index (χ1) is 7.97. The van der Waals surface area contributed by atoms with Gasteiger partial charge in [0.1, 0.15) is 0 Å². The summed E-state index contributed by atoms with van der Waals surface area (Å²) in [4.78, 5) is 16.8. The number of aromatic nitrogens is 4. The van der Waals surface area contributed by atoms with Crippen LogP contribution in [0, 0.1) is 0 Å². The van der Waals surface area contributed by atoms with E-state index >= 15 is 0 Å². The maximum Gasteiger partial charge on any atom is 0.197 e. The zero-order valence-corrected chi connectivity index (χ0v) is 10.7. The van der Waals surface area contributed by atoms with Crippen molar-refractivity contribution < 1.29 is 0 Å². The Kier molecular flexibility index (Phi) is 3.07. The van der Waals surface area contributed by atoms with E-state index in [2.05, 4.69) is 40.7 Å². The van der Waals surface area contributed by atoms with Gasteiger partial charge in [0.2, 0.25) is 0 Å². The van der Waals surface area contributed by atoms with Gasteiger partial charge < -0.3 is 0 Å². The van der Waals surface area contributed by atoms with Crippen LogP contribution in [0.2, 0.25) is 5.02 Å². The van der Waals surface area contributed by atoms with Crippen LogP contribution < -0.4 is 0 Å². The minimum Gasteiger partial charge on any atom is -0.234 e. The average Bonchev–Trinajstić information content (AvgIpc) is 2.29. The molecule has 0 radical (unpaired) electrons. The minimum absolute atomic E-state index is 0.0237. The maximum atomic E-state index is 5.74. The van der Waals surface area contributed by atoms with E-state index in [1.807, 2.05) is 6.07 Å². The molecule has 0 aliphatic carbocycles. The summed E-state index contributed by atoms with van der Waals surface area (Å²) in [5, 5.41) is 0.501. The van der Waals surface area contributed by atoms with Crippen LogP contribution in [0.3, 0.4) is 0 Å². The van der Waals surface area contributed by atoms with E-state index in [4.69, 9.17) is 11.6 Å². The van der Waals surface area contributed by atoms with Crippen molar-refractivity contribution in [3.05, 3.63) is 35.4 Å². The summed E-state index contributed by atoms with van der Waals surface area (Å²) >= 11 is 5.74. The van der Waals surface area contributed by atoms with Crippen molar-refractivity contribution in [2.24, 2.45) is 0 Å². The molecule has 2 rings (SSSR count). The highest BCUT2D eigenvalue weighted by Crippen LogP contribution is 2.21. The van der Waals surface area contributed by atoms with Crippen molar-refractivity contribution in [3.63, 3.8) is 0 Å². The van der Waals surface area contributed by atoms with Gasteiger partial charge in [0.15, 0.2) is 11.6 Å². The van der Waals surface area contributed by atoms with Gasteiger partial charge in [0, 0.05) is 29.7 Å². The Morgan fingerprint density at radius 2 is 1.65 bits per heavy atom. The molecular formula is C12H13ClN4. The lowest BCUT2D eigenvalue weighted by atomic mass is 9.92. The fourth-order valence-electron chi connectivity index (χ4n) is 1.31. The van der Waals surface area contributed by atoms with Crippen molar-refractivity contribution in [2.75, 3.05) is 0 Å². The monoisotopic (exact) mass is 248 g/mol. The maximum absolute atomic E-state index is 5.74. The van der Waals surface area contributed by atoms with Crippen molar-refractivity contribution in [1.82, 2.24) is 19.9 Å². The molecular weight excluding hydrogens is 236 g/mol. The van der Waals surface area contributed by atoms with Crippen LogP contribution in [0.4, 0.5) is 0 Å². The summed E-state index contributed by atoms with van der Waals surface area (Å²) in [7, 11) is 0. The van der Waals surface area contributed by atoms with Crippen LogP contribution in [0.15, 0.2) is 24.7 Å². The molecule has 0 aromatic carbocycles. The fourth-order valence-corrected chi connectivity index (χ4v) is 1.41. The van der Waals surface area contributed by atoms with Gasteiger partial charge in [-0.2, -0.15) is 0 Å². The van der Waals surface area contributed by atoms with Gasteiger partial charge in [0.25, 0.3) is 0 Å². The first-order valence-corrected chi connectivity index (χ1v) is 5.66. The fraction of sp³-hybridized carbons (Fsp3) is 0.333. The summed E-state index contributed by atoms with van der Waals surface area (Å²) in [6.07, 6.45) is 4.80. The van der Waals surface area contributed by atoms with Crippen LogP contribution in [-0.4, -0.2) is 19.9 Å².